The van der Waals surface area contributed by atoms with E-state index in [2.05, 4.69) is 5.32 Å². The smallest absolute Gasteiger partial charge is 0.270 e. The highest BCUT2D eigenvalue weighted by Crippen LogP contribution is 2.43. The molecule has 1 aliphatic heterocycles. The number of non-ortho nitro benzene ring substituents is 1. The number of anilines is 1. The third-order valence-electron chi connectivity index (χ3n) is 3.05. The van der Waals surface area contributed by atoms with Crippen LogP contribution in [0, 0.1) is 10.1 Å². The highest BCUT2D eigenvalue weighted by Gasteiger charge is 2.49. The van der Waals surface area contributed by atoms with Crippen molar-refractivity contribution in [3.05, 3.63) is 33.9 Å². The van der Waals surface area contributed by atoms with Crippen molar-refractivity contribution in [2.45, 2.75) is 11.8 Å². The van der Waals surface area contributed by atoms with Crippen LogP contribution >= 0.6 is 0 Å². The number of hydrogen-bond acceptors (Lipinski definition) is 6. The average molecular weight is 252 g/mol. The van der Waals surface area contributed by atoms with Crippen LogP contribution in [0.15, 0.2) is 18.2 Å². The van der Waals surface area contributed by atoms with E-state index in [1.165, 1.54) is 32.4 Å². The maximum Gasteiger partial charge on any atom is 0.270 e. The summed E-state index contributed by atoms with van der Waals surface area (Å²) in [5.74, 6) is -1.33. The molecule has 0 bridgehead atoms. The van der Waals surface area contributed by atoms with Crippen molar-refractivity contribution in [2.24, 2.45) is 0 Å². The summed E-state index contributed by atoms with van der Waals surface area (Å²) in [6, 6.07) is 3.49. The van der Waals surface area contributed by atoms with Gasteiger partial charge in [0.1, 0.15) is 12.3 Å². The van der Waals surface area contributed by atoms with Crippen LogP contribution in [0.3, 0.4) is 0 Å². The third kappa shape index (κ3) is 1.56. The molecule has 1 aromatic carbocycles. The lowest BCUT2D eigenvalue weighted by Crippen LogP contribution is -2.43. The highest BCUT2D eigenvalue weighted by molar-refractivity contribution is 5.75. The number of nitrogens with one attached hydrogen (secondary N) is 1. The monoisotopic (exact) mass is 252 g/mol. The topological polar surface area (TPSA) is 90.7 Å². The molecule has 1 heterocycles. The number of nitro groups is 1. The molecule has 1 atom stereocenters. The fraction of sp³-hybridized carbons (Fsp3) is 0.364. The van der Waals surface area contributed by atoms with Gasteiger partial charge in [0, 0.05) is 37.6 Å². The zero-order valence-corrected chi connectivity index (χ0v) is 9.88. The predicted molar refractivity (Wildman–Crippen MR) is 62.3 cm³/mol. The number of fused-ring (bicyclic) bond motifs is 1. The Bertz CT molecular complexity index is 498. The van der Waals surface area contributed by atoms with E-state index in [1.807, 2.05) is 0 Å². The largest absolute Gasteiger partial charge is 0.370 e. The van der Waals surface area contributed by atoms with E-state index in [4.69, 9.17) is 9.47 Å². The Kier molecular flexibility index (Phi) is 3.02. The third-order valence-corrected chi connectivity index (χ3v) is 3.05. The van der Waals surface area contributed by atoms with Crippen molar-refractivity contribution in [3.8, 4) is 0 Å². The lowest BCUT2D eigenvalue weighted by Gasteiger charge is -2.29. The van der Waals surface area contributed by atoms with Gasteiger partial charge >= 0.3 is 0 Å². The lowest BCUT2D eigenvalue weighted by molar-refractivity contribution is -0.385. The Morgan fingerprint density at radius 1 is 1.44 bits per heavy atom. The van der Waals surface area contributed by atoms with E-state index in [0.717, 1.165) is 0 Å². The second-order valence-electron chi connectivity index (χ2n) is 3.82. The van der Waals surface area contributed by atoms with Gasteiger partial charge in [0.05, 0.1) is 4.92 Å². The van der Waals surface area contributed by atoms with Crippen LogP contribution in [0.25, 0.3) is 0 Å². The van der Waals surface area contributed by atoms with Gasteiger partial charge in [0.2, 0.25) is 5.79 Å². The summed E-state index contributed by atoms with van der Waals surface area (Å²) in [5.41, 5.74) is 0.945. The van der Waals surface area contributed by atoms with Crippen LogP contribution in [-0.2, 0) is 20.1 Å². The Hall–Kier alpha value is -1.99. The first-order chi connectivity index (χ1) is 8.58. The van der Waals surface area contributed by atoms with Gasteiger partial charge in [-0.3, -0.25) is 10.1 Å². The molecule has 1 aromatic rings. The fourth-order valence-electron chi connectivity index (χ4n) is 2.17. The Balaban J connectivity index is 2.59. The van der Waals surface area contributed by atoms with Gasteiger partial charge in [0.25, 0.3) is 5.69 Å². The maximum absolute atomic E-state index is 11.1. The zero-order chi connectivity index (χ0) is 13.3. The summed E-state index contributed by atoms with van der Waals surface area (Å²) in [6.45, 7) is 0. The molecule has 18 heavy (non-hydrogen) atoms. The average Bonchev–Trinajstić information content (AvgIpc) is 2.71. The molecule has 0 spiro atoms. The van der Waals surface area contributed by atoms with E-state index in [0.29, 0.717) is 17.5 Å². The quantitative estimate of drug-likeness (QED) is 0.372. The van der Waals surface area contributed by atoms with Gasteiger partial charge in [0.15, 0.2) is 0 Å². The number of nitrogens with zero attached hydrogens (tertiary/aromatic N) is 1. The first-order valence-corrected chi connectivity index (χ1v) is 5.20. The molecule has 7 nitrogen and oxygen atoms in total. The van der Waals surface area contributed by atoms with Crippen molar-refractivity contribution in [2.75, 3.05) is 19.5 Å². The van der Waals surface area contributed by atoms with Crippen molar-refractivity contribution in [1.29, 1.82) is 0 Å². The Morgan fingerprint density at radius 3 is 2.61 bits per heavy atom. The molecular weight excluding hydrogens is 240 g/mol. The van der Waals surface area contributed by atoms with E-state index in [1.54, 1.807) is 0 Å². The Labute approximate surface area is 103 Å². The summed E-state index contributed by atoms with van der Waals surface area (Å²) in [5, 5.41) is 13.7. The molecule has 1 N–H and O–H groups in total. The number of aldehydes is 1. The van der Waals surface area contributed by atoms with Crippen LogP contribution in [-0.4, -0.2) is 31.5 Å². The van der Waals surface area contributed by atoms with Crippen LogP contribution in [0.5, 0.6) is 0 Å². The molecule has 0 aliphatic carbocycles. The number of hydrogen-bond donors (Lipinski definition) is 1. The molecule has 0 saturated carbocycles. The predicted octanol–water partition coefficient (Wildman–Crippen LogP) is 1.03. The van der Waals surface area contributed by atoms with E-state index in [-0.39, 0.29) is 5.69 Å². The number of benzene rings is 1. The number of nitro benzene ring substituents is 1. The van der Waals surface area contributed by atoms with E-state index in [9.17, 15) is 14.9 Å². The summed E-state index contributed by atoms with van der Waals surface area (Å²) >= 11 is 0. The van der Waals surface area contributed by atoms with Crippen molar-refractivity contribution in [3.63, 3.8) is 0 Å². The Morgan fingerprint density at radius 2 is 2.11 bits per heavy atom. The first kappa shape index (κ1) is 12.5. The van der Waals surface area contributed by atoms with Gasteiger partial charge in [-0.1, -0.05) is 0 Å². The van der Waals surface area contributed by atoms with Crippen LogP contribution < -0.4 is 5.32 Å². The molecule has 0 radical (unpaired) electrons. The molecule has 7 heteroatoms. The number of ether oxygens (including phenoxy) is 2. The number of methoxy groups -OCH3 is 2. The highest BCUT2D eigenvalue weighted by atomic mass is 16.7. The van der Waals surface area contributed by atoms with Gasteiger partial charge < -0.3 is 19.6 Å². The molecule has 0 amide bonds. The fourth-order valence-corrected chi connectivity index (χ4v) is 2.17. The minimum atomic E-state index is -1.33. The number of rotatable bonds is 4. The first-order valence-electron chi connectivity index (χ1n) is 5.20. The maximum atomic E-state index is 11.1. The molecule has 1 unspecified atom stereocenters. The summed E-state index contributed by atoms with van der Waals surface area (Å²) in [7, 11) is 2.77. The molecular formula is C11H12N2O5. The van der Waals surface area contributed by atoms with Gasteiger partial charge in [-0.2, -0.15) is 0 Å². The molecule has 0 aromatic heterocycles. The lowest BCUT2D eigenvalue weighted by atomic mass is 10.0. The second kappa shape index (κ2) is 4.35. The van der Waals surface area contributed by atoms with Crippen LogP contribution in [0.4, 0.5) is 11.4 Å². The van der Waals surface area contributed by atoms with Crippen molar-refractivity contribution < 1.29 is 19.2 Å². The molecule has 0 fully saturated rings. The molecule has 0 saturated heterocycles. The zero-order valence-electron chi connectivity index (χ0n) is 9.88. The van der Waals surface area contributed by atoms with Crippen molar-refractivity contribution >= 4 is 17.7 Å². The van der Waals surface area contributed by atoms with Crippen LogP contribution in [0.2, 0.25) is 0 Å². The second-order valence-corrected chi connectivity index (χ2v) is 3.82. The normalized spacial score (nSPS) is 20.0. The SMILES string of the molecule is COC1(OC)c2cc([N+](=O)[O-])ccc2NC1C=O. The molecule has 96 valence electrons. The van der Waals surface area contributed by atoms with Gasteiger partial charge in [-0.15, -0.1) is 0 Å². The summed E-state index contributed by atoms with van der Waals surface area (Å²) in [6.07, 6.45) is 0.652. The van der Waals surface area contributed by atoms with Crippen molar-refractivity contribution in [1.82, 2.24) is 0 Å². The summed E-state index contributed by atoms with van der Waals surface area (Å²) < 4.78 is 10.5. The minimum Gasteiger partial charge on any atom is -0.370 e. The van der Waals surface area contributed by atoms with E-state index >= 15 is 0 Å². The number of carbonyl (C=O) groups is 1. The summed E-state index contributed by atoms with van der Waals surface area (Å²) in [4.78, 5) is 21.3. The van der Waals surface area contributed by atoms with Gasteiger partial charge in [-0.05, 0) is 6.07 Å². The minimum absolute atomic E-state index is 0.0828. The van der Waals surface area contributed by atoms with Gasteiger partial charge in [-0.25, -0.2) is 0 Å². The number of carbonyl (C=O) groups excluding carboxylic acids is 1. The molecule has 2 rings (SSSR count). The molecule has 1 aliphatic rings. The van der Waals surface area contributed by atoms with E-state index < -0.39 is 16.8 Å². The van der Waals surface area contributed by atoms with Crippen LogP contribution in [0.1, 0.15) is 5.56 Å². The standard InChI is InChI=1S/C11H12N2O5/c1-17-11(18-2)8-5-7(13(15)16)3-4-9(8)12-10(11)6-14/h3-6,10,12H,1-2H3.